The number of pyridine rings is 1. The van der Waals surface area contributed by atoms with Crippen LogP contribution in [0.4, 0.5) is 10.1 Å². The lowest BCUT2D eigenvalue weighted by atomic mass is 10.0. The van der Waals surface area contributed by atoms with Crippen LogP contribution in [-0.2, 0) is 9.53 Å². The van der Waals surface area contributed by atoms with Gasteiger partial charge in [-0.15, -0.1) is 0 Å². The number of nitrogens with one attached hydrogen (secondary N) is 2. The second-order valence-electron chi connectivity index (χ2n) is 8.87. The third-order valence-corrected chi connectivity index (χ3v) is 6.76. The van der Waals surface area contributed by atoms with Gasteiger partial charge in [-0.1, -0.05) is 30.3 Å². The van der Waals surface area contributed by atoms with Gasteiger partial charge in [-0.2, -0.15) is 0 Å². The highest BCUT2D eigenvalue weighted by atomic mass is 32.1. The molecule has 2 N–H and O–H groups in total. The minimum atomic E-state index is -0.503. The average Bonchev–Trinajstić information content (AvgIpc) is 3.58. The second-order valence-corrected chi connectivity index (χ2v) is 9.26. The number of anilines is 1. The summed E-state index contributed by atoms with van der Waals surface area (Å²) in [4.78, 5) is 31.1. The first kappa shape index (κ1) is 26.1. The van der Waals surface area contributed by atoms with Crippen LogP contribution in [0.5, 0.6) is 0 Å². The summed E-state index contributed by atoms with van der Waals surface area (Å²) in [6.07, 6.45) is 1.77. The van der Waals surface area contributed by atoms with Crippen molar-refractivity contribution in [3.8, 4) is 11.3 Å². The van der Waals surface area contributed by atoms with Gasteiger partial charge in [0.1, 0.15) is 23.4 Å². The highest BCUT2D eigenvalue weighted by Gasteiger charge is 2.41. The molecule has 8 nitrogen and oxygen atoms in total. The topological polar surface area (TPSA) is 96.7 Å². The number of para-hydroxylation sites is 1. The summed E-state index contributed by atoms with van der Waals surface area (Å²) < 4.78 is 25.1. The molecule has 1 aliphatic rings. The highest BCUT2D eigenvalue weighted by Crippen LogP contribution is 2.40. The van der Waals surface area contributed by atoms with Crippen LogP contribution in [0.25, 0.3) is 11.3 Å². The minimum Gasteiger partial charge on any atom is -0.465 e. The van der Waals surface area contributed by atoms with Crippen molar-refractivity contribution in [3.05, 3.63) is 108 Å². The number of hydrogen-bond acceptors (Lipinski definition) is 6. The fourth-order valence-electron chi connectivity index (χ4n) is 4.54. The standard InChI is InChI=1S/C29H25FN4O4S/c1-37-28(36)19-8-6-7-18(17-19)23-12-13-24(38-23)27-26(22-11-4-5-15-31-22)33-29(39)34(27)16-14-25(35)32-21-10-3-2-9-20(21)30/h2-13,15,17,26-27H,14,16H2,1H3,(H,32,35)(H,33,39). The number of aromatic nitrogens is 1. The first-order valence-electron chi connectivity index (χ1n) is 12.3. The lowest BCUT2D eigenvalue weighted by molar-refractivity contribution is -0.116. The molecule has 1 saturated heterocycles. The van der Waals surface area contributed by atoms with E-state index in [1.165, 1.54) is 19.2 Å². The molecule has 4 aromatic rings. The van der Waals surface area contributed by atoms with Crippen LogP contribution < -0.4 is 10.6 Å². The number of furan rings is 1. The predicted molar refractivity (Wildman–Crippen MR) is 147 cm³/mol. The lowest BCUT2D eigenvalue weighted by Gasteiger charge is -2.25. The zero-order valence-electron chi connectivity index (χ0n) is 21.0. The van der Waals surface area contributed by atoms with E-state index in [-0.39, 0.29) is 30.6 Å². The van der Waals surface area contributed by atoms with Gasteiger partial charge in [0.05, 0.1) is 30.1 Å². The van der Waals surface area contributed by atoms with Crippen molar-refractivity contribution in [2.75, 3.05) is 19.0 Å². The van der Waals surface area contributed by atoms with Crippen molar-refractivity contribution in [1.29, 1.82) is 0 Å². The number of rotatable bonds is 8. The van der Waals surface area contributed by atoms with Crippen LogP contribution in [0, 0.1) is 5.82 Å². The Balaban J connectivity index is 1.41. The quantitative estimate of drug-likeness (QED) is 0.229. The van der Waals surface area contributed by atoms with Gasteiger partial charge in [-0.25, -0.2) is 9.18 Å². The summed E-state index contributed by atoms with van der Waals surface area (Å²) in [5.74, 6) is -0.125. The van der Waals surface area contributed by atoms with Crippen molar-refractivity contribution >= 4 is 34.9 Å². The minimum absolute atomic E-state index is 0.0658. The Bertz CT molecular complexity index is 1510. The molecule has 2 aromatic heterocycles. The zero-order chi connectivity index (χ0) is 27.4. The smallest absolute Gasteiger partial charge is 0.337 e. The van der Waals surface area contributed by atoms with Crippen LogP contribution in [-0.4, -0.2) is 40.5 Å². The summed E-state index contributed by atoms with van der Waals surface area (Å²) in [5.41, 5.74) is 2.00. The molecule has 0 radical (unpaired) electrons. The number of halogens is 1. The van der Waals surface area contributed by atoms with Crippen LogP contribution in [0.1, 0.15) is 40.3 Å². The normalized spacial score (nSPS) is 16.6. The Morgan fingerprint density at radius 3 is 2.69 bits per heavy atom. The van der Waals surface area contributed by atoms with E-state index < -0.39 is 17.8 Å². The summed E-state index contributed by atoms with van der Waals surface area (Å²) in [6.45, 7) is 0.258. The number of nitrogens with zero attached hydrogens (tertiary/aromatic N) is 2. The molecular weight excluding hydrogens is 519 g/mol. The summed E-state index contributed by atoms with van der Waals surface area (Å²) in [5, 5.41) is 6.37. The average molecular weight is 545 g/mol. The van der Waals surface area contributed by atoms with Gasteiger partial charge in [0.25, 0.3) is 0 Å². The number of esters is 1. The molecule has 1 fully saturated rings. The number of carbonyl (C=O) groups is 2. The predicted octanol–water partition coefficient (Wildman–Crippen LogP) is 5.27. The molecule has 10 heteroatoms. The summed E-state index contributed by atoms with van der Waals surface area (Å²) >= 11 is 5.66. The van der Waals surface area contributed by atoms with Gasteiger partial charge in [-0.05, 0) is 60.7 Å². The van der Waals surface area contributed by atoms with E-state index in [0.29, 0.717) is 27.8 Å². The number of carbonyl (C=O) groups excluding carboxylic acids is 2. The molecule has 198 valence electrons. The van der Waals surface area contributed by atoms with Gasteiger partial charge < -0.3 is 24.7 Å². The second kappa shape index (κ2) is 11.4. The number of methoxy groups -OCH3 is 1. The fourth-order valence-corrected chi connectivity index (χ4v) is 4.87. The molecule has 2 atom stereocenters. The molecule has 5 rings (SSSR count). The van der Waals surface area contributed by atoms with Gasteiger partial charge >= 0.3 is 5.97 Å². The third kappa shape index (κ3) is 5.65. The van der Waals surface area contributed by atoms with E-state index in [2.05, 4.69) is 15.6 Å². The lowest BCUT2D eigenvalue weighted by Crippen LogP contribution is -2.32. The van der Waals surface area contributed by atoms with Gasteiger partial charge in [0.2, 0.25) is 5.91 Å². The van der Waals surface area contributed by atoms with Crippen molar-refractivity contribution < 1.29 is 23.1 Å². The van der Waals surface area contributed by atoms with Crippen molar-refractivity contribution in [1.82, 2.24) is 15.2 Å². The SMILES string of the molecule is COC(=O)c1cccc(-c2ccc(C3C(c4ccccn4)NC(=S)N3CCC(=O)Nc3ccccc3F)o2)c1. The number of amides is 1. The highest BCUT2D eigenvalue weighted by molar-refractivity contribution is 7.80. The van der Waals surface area contributed by atoms with Crippen molar-refractivity contribution in [3.63, 3.8) is 0 Å². The molecule has 2 unspecified atom stereocenters. The van der Waals surface area contributed by atoms with Gasteiger partial charge in [0, 0.05) is 24.7 Å². The number of hydrogen-bond donors (Lipinski definition) is 2. The monoisotopic (exact) mass is 544 g/mol. The van der Waals surface area contributed by atoms with Crippen LogP contribution in [0.2, 0.25) is 0 Å². The van der Waals surface area contributed by atoms with Crippen LogP contribution in [0.15, 0.2) is 89.5 Å². The van der Waals surface area contributed by atoms with E-state index in [4.69, 9.17) is 21.4 Å². The largest absolute Gasteiger partial charge is 0.465 e. The molecule has 0 spiro atoms. The van der Waals surface area contributed by atoms with E-state index >= 15 is 0 Å². The first-order chi connectivity index (χ1) is 18.9. The molecule has 0 aliphatic carbocycles. The first-order valence-corrected chi connectivity index (χ1v) is 12.7. The Hall–Kier alpha value is -4.57. The maximum Gasteiger partial charge on any atom is 0.337 e. The Morgan fingerprint density at radius 2 is 1.92 bits per heavy atom. The number of thiocarbonyl (C=S) groups is 1. The molecule has 39 heavy (non-hydrogen) atoms. The van der Waals surface area contributed by atoms with Crippen molar-refractivity contribution in [2.24, 2.45) is 0 Å². The van der Waals surface area contributed by atoms with E-state index in [9.17, 15) is 14.0 Å². The number of ether oxygens (including phenoxy) is 1. The molecule has 0 bridgehead atoms. The fraction of sp³-hybridized carbons (Fsp3) is 0.172. The van der Waals surface area contributed by atoms with Crippen LogP contribution in [0.3, 0.4) is 0 Å². The molecular formula is C29H25FN4O4S. The molecule has 2 aromatic carbocycles. The Morgan fingerprint density at radius 1 is 1.10 bits per heavy atom. The van der Waals surface area contributed by atoms with Crippen LogP contribution >= 0.6 is 12.2 Å². The van der Waals surface area contributed by atoms with E-state index in [1.54, 1.807) is 36.5 Å². The molecule has 1 aliphatic heterocycles. The summed E-state index contributed by atoms with van der Waals surface area (Å²) in [7, 11) is 1.33. The maximum atomic E-state index is 14.0. The number of benzene rings is 2. The van der Waals surface area contributed by atoms with E-state index in [1.807, 2.05) is 41.3 Å². The molecule has 3 heterocycles. The van der Waals surface area contributed by atoms with E-state index in [0.717, 1.165) is 5.69 Å². The molecule has 1 amide bonds. The van der Waals surface area contributed by atoms with Gasteiger partial charge in [0.15, 0.2) is 5.11 Å². The maximum absolute atomic E-state index is 14.0. The third-order valence-electron chi connectivity index (χ3n) is 6.41. The van der Waals surface area contributed by atoms with Gasteiger partial charge in [-0.3, -0.25) is 9.78 Å². The Labute approximate surface area is 229 Å². The Kier molecular flexibility index (Phi) is 7.64. The summed E-state index contributed by atoms with van der Waals surface area (Å²) in [6, 6.07) is 21.5. The zero-order valence-corrected chi connectivity index (χ0v) is 21.8. The van der Waals surface area contributed by atoms with Crippen molar-refractivity contribution in [2.45, 2.75) is 18.5 Å². The molecule has 0 saturated carbocycles.